The third-order valence-electron chi connectivity index (χ3n) is 4.02. The molecule has 0 saturated heterocycles. The van der Waals surface area contributed by atoms with Crippen LogP contribution in [0.15, 0.2) is 48.5 Å². The van der Waals surface area contributed by atoms with Crippen molar-refractivity contribution < 1.29 is 14.6 Å². The summed E-state index contributed by atoms with van der Waals surface area (Å²) in [6.45, 7) is 4.51. The lowest BCUT2D eigenvalue weighted by Gasteiger charge is -2.25. The Labute approximate surface area is 156 Å². The van der Waals surface area contributed by atoms with E-state index in [1.54, 1.807) is 7.11 Å². The minimum atomic E-state index is -0.591. The van der Waals surface area contributed by atoms with Crippen LogP contribution in [0.25, 0.3) is 0 Å². The number of aliphatic hydroxyl groups excluding tert-OH is 1. The fourth-order valence-electron chi connectivity index (χ4n) is 2.85. The van der Waals surface area contributed by atoms with Crippen molar-refractivity contribution in [2.75, 3.05) is 26.9 Å². The Morgan fingerprint density at radius 2 is 1.85 bits per heavy atom. The maximum Gasteiger partial charge on any atom is 0.118 e. The number of ether oxygens (including phenoxy) is 2. The molecule has 1 atom stereocenters. The van der Waals surface area contributed by atoms with Gasteiger partial charge in [0.15, 0.2) is 0 Å². The van der Waals surface area contributed by atoms with Crippen LogP contribution in [0, 0.1) is 19.3 Å². The average Bonchev–Trinajstić information content (AvgIpc) is 2.62. The van der Waals surface area contributed by atoms with Gasteiger partial charge in [0.25, 0.3) is 0 Å². The van der Waals surface area contributed by atoms with E-state index in [-0.39, 0.29) is 13.2 Å². The Balaban J connectivity index is 2.05. The highest BCUT2D eigenvalue weighted by Crippen LogP contribution is 2.15. The summed E-state index contributed by atoms with van der Waals surface area (Å²) in [4.78, 5) is 2.21. The molecule has 0 bridgehead atoms. The van der Waals surface area contributed by atoms with Crippen LogP contribution in [0.2, 0.25) is 0 Å². The molecule has 0 amide bonds. The minimum absolute atomic E-state index is 0.216. The molecule has 0 unspecified atom stereocenters. The summed E-state index contributed by atoms with van der Waals surface area (Å²) >= 11 is 0. The van der Waals surface area contributed by atoms with Crippen LogP contribution in [0.1, 0.15) is 16.7 Å². The first kappa shape index (κ1) is 20.0. The molecule has 26 heavy (non-hydrogen) atoms. The first-order valence-electron chi connectivity index (χ1n) is 8.71. The molecule has 0 fully saturated rings. The van der Waals surface area contributed by atoms with Crippen LogP contribution in [0.5, 0.6) is 5.75 Å². The zero-order valence-corrected chi connectivity index (χ0v) is 15.5. The third kappa shape index (κ3) is 6.89. The Morgan fingerprint density at radius 3 is 2.50 bits per heavy atom. The van der Waals surface area contributed by atoms with Crippen LogP contribution in [-0.2, 0) is 17.8 Å². The summed E-state index contributed by atoms with van der Waals surface area (Å²) in [7, 11) is 1.66. The lowest BCUT2D eigenvalue weighted by atomic mass is 10.1. The molecule has 0 spiro atoms. The van der Waals surface area contributed by atoms with Gasteiger partial charge in [-0.25, -0.2) is 0 Å². The van der Waals surface area contributed by atoms with E-state index in [2.05, 4.69) is 42.0 Å². The van der Waals surface area contributed by atoms with E-state index in [0.29, 0.717) is 6.54 Å². The number of benzene rings is 2. The maximum absolute atomic E-state index is 10.3. The second kappa shape index (κ2) is 10.6. The summed E-state index contributed by atoms with van der Waals surface area (Å²) in [6, 6.07) is 16.4. The normalized spacial score (nSPS) is 12.0. The highest BCUT2D eigenvalue weighted by Gasteiger charge is 2.13. The topological polar surface area (TPSA) is 41.9 Å². The van der Waals surface area contributed by atoms with Gasteiger partial charge in [0.2, 0.25) is 0 Å². The van der Waals surface area contributed by atoms with E-state index in [1.807, 2.05) is 24.3 Å². The highest BCUT2D eigenvalue weighted by molar-refractivity contribution is 5.27. The van der Waals surface area contributed by atoms with Crippen molar-refractivity contribution >= 4 is 0 Å². The smallest absolute Gasteiger partial charge is 0.118 e. The predicted molar refractivity (Wildman–Crippen MR) is 104 cm³/mol. The van der Waals surface area contributed by atoms with E-state index in [0.717, 1.165) is 24.4 Å². The zero-order valence-electron chi connectivity index (χ0n) is 15.5. The molecule has 0 aromatic heterocycles. The molecule has 0 aliphatic carbocycles. The number of aliphatic hydroxyl groups is 1. The second-order valence-corrected chi connectivity index (χ2v) is 6.38. The van der Waals surface area contributed by atoms with Gasteiger partial charge in [0.05, 0.1) is 19.8 Å². The number of rotatable bonds is 10. The number of hydrogen-bond donors (Lipinski definition) is 1. The summed E-state index contributed by atoms with van der Waals surface area (Å²) in [5, 5.41) is 10.3. The molecule has 4 nitrogen and oxygen atoms in total. The van der Waals surface area contributed by atoms with E-state index in [9.17, 15) is 5.11 Å². The predicted octanol–water partition coefficient (Wildman–Crippen LogP) is 3.02. The first-order chi connectivity index (χ1) is 12.6. The van der Waals surface area contributed by atoms with Crippen molar-refractivity contribution in [1.29, 1.82) is 0 Å². The number of terminal acetylenes is 1. The molecule has 4 heteroatoms. The molecular formula is C22H27NO3. The molecule has 0 saturated carbocycles. The quantitative estimate of drug-likeness (QED) is 0.527. The molecule has 0 aliphatic rings. The fourth-order valence-corrected chi connectivity index (χ4v) is 2.85. The number of aryl methyl sites for hydroxylation is 1. The highest BCUT2D eigenvalue weighted by atomic mass is 16.5. The Bertz CT molecular complexity index is 706. The SMILES string of the molecule is C#CCOC[C@@H](O)CN(Cc1ccc(OC)cc1)Cc1cccc(C)c1. The largest absolute Gasteiger partial charge is 0.497 e. The van der Waals surface area contributed by atoms with Crippen LogP contribution < -0.4 is 4.74 Å². The van der Waals surface area contributed by atoms with Crippen molar-refractivity contribution in [2.24, 2.45) is 0 Å². The summed E-state index contributed by atoms with van der Waals surface area (Å²) in [5.41, 5.74) is 3.61. The van der Waals surface area contributed by atoms with E-state index < -0.39 is 6.10 Å². The van der Waals surface area contributed by atoms with Gasteiger partial charge in [0.1, 0.15) is 12.4 Å². The van der Waals surface area contributed by atoms with Gasteiger partial charge in [-0.2, -0.15) is 0 Å². The monoisotopic (exact) mass is 353 g/mol. The molecule has 0 heterocycles. The lowest BCUT2D eigenvalue weighted by molar-refractivity contribution is 0.0243. The Kier molecular flexibility index (Phi) is 8.17. The van der Waals surface area contributed by atoms with Gasteiger partial charge in [-0.05, 0) is 30.2 Å². The molecule has 2 rings (SSSR count). The van der Waals surface area contributed by atoms with Crippen LogP contribution in [0.3, 0.4) is 0 Å². The standard InChI is InChI=1S/C22H27NO3/c1-4-12-26-17-21(24)16-23(15-20-7-5-6-18(2)13-20)14-19-8-10-22(25-3)11-9-19/h1,5-11,13,21,24H,12,14-17H2,2-3H3/t21-/m0/s1. The summed E-state index contributed by atoms with van der Waals surface area (Å²) < 4.78 is 10.5. The molecule has 0 aliphatic heterocycles. The molecule has 1 N–H and O–H groups in total. The number of hydrogen-bond acceptors (Lipinski definition) is 4. The van der Waals surface area contributed by atoms with Crippen LogP contribution in [-0.4, -0.2) is 43.0 Å². The number of methoxy groups -OCH3 is 1. The zero-order chi connectivity index (χ0) is 18.8. The molecule has 2 aromatic rings. The van der Waals surface area contributed by atoms with Gasteiger partial charge in [-0.15, -0.1) is 6.42 Å². The van der Waals surface area contributed by atoms with E-state index >= 15 is 0 Å². The van der Waals surface area contributed by atoms with Crippen molar-refractivity contribution in [3.8, 4) is 18.1 Å². The summed E-state index contributed by atoms with van der Waals surface area (Å²) in [5.74, 6) is 3.25. The molecular weight excluding hydrogens is 326 g/mol. The van der Waals surface area contributed by atoms with Crippen molar-refractivity contribution in [2.45, 2.75) is 26.1 Å². The van der Waals surface area contributed by atoms with Crippen molar-refractivity contribution in [3.05, 3.63) is 65.2 Å². The van der Waals surface area contributed by atoms with E-state index in [1.165, 1.54) is 11.1 Å². The first-order valence-corrected chi connectivity index (χ1v) is 8.71. The fraction of sp³-hybridized carbons (Fsp3) is 0.364. The second-order valence-electron chi connectivity index (χ2n) is 6.38. The average molecular weight is 353 g/mol. The summed E-state index contributed by atoms with van der Waals surface area (Å²) in [6.07, 6.45) is 4.59. The lowest BCUT2D eigenvalue weighted by Crippen LogP contribution is -2.34. The Hall–Kier alpha value is -2.32. The van der Waals surface area contributed by atoms with Gasteiger partial charge in [-0.1, -0.05) is 47.9 Å². The molecule has 2 aromatic carbocycles. The third-order valence-corrected chi connectivity index (χ3v) is 4.02. The Morgan fingerprint density at radius 1 is 1.12 bits per heavy atom. The molecule has 138 valence electrons. The number of nitrogens with zero attached hydrogens (tertiary/aromatic N) is 1. The maximum atomic E-state index is 10.3. The van der Waals surface area contributed by atoms with Crippen molar-refractivity contribution in [3.63, 3.8) is 0 Å². The van der Waals surface area contributed by atoms with Gasteiger partial charge >= 0.3 is 0 Å². The van der Waals surface area contributed by atoms with Gasteiger partial charge < -0.3 is 14.6 Å². The van der Waals surface area contributed by atoms with Crippen LogP contribution in [0.4, 0.5) is 0 Å². The van der Waals surface area contributed by atoms with Gasteiger partial charge in [-0.3, -0.25) is 4.90 Å². The van der Waals surface area contributed by atoms with Crippen molar-refractivity contribution in [1.82, 2.24) is 4.90 Å². The van der Waals surface area contributed by atoms with Gasteiger partial charge in [0, 0.05) is 19.6 Å². The minimum Gasteiger partial charge on any atom is -0.497 e. The van der Waals surface area contributed by atoms with E-state index in [4.69, 9.17) is 15.9 Å². The molecule has 0 radical (unpaired) electrons. The van der Waals surface area contributed by atoms with Crippen LogP contribution >= 0.6 is 0 Å².